The maximum Gasteiger partial charge on any atom is 0.316 e. The summed E-state index contributed by atoms with van der Waals surface area (Å²) in [4.78, 5) is 23.2. The lowest BCUT2D eigenvalue weighted by Gasteiger charge is -2.09. The second kappa shape index (κ2) is 8.53. The SMILES string of the molecule is NC(=O)Nc1ccc(CNC(=O)c2cccc(Oc3ccccc3)c2)cc1. The number of ether oxygens (including phenoxy) is 1. The van der Waals surface area contributed by atoms with Crippen LogP contribution in [0, 0.1) is 0 Å². The molecule has 0 unspecified atom stereocenters. The number of benzene rings is 3. The molecule has 6 nitrogen and oxygen atoms in total. The van der Waals surface area contributed by atoms with E-state index in [1.165, 1.54) is 0 Å². The first-order valence-corrected chi connectivity index (χ1v) is 8.37. The number of primary amides is 1. The standard InChI is InChI=1S/C21H19N3O3/c22-21(26)24-17-11-9-15(10-12-17)14-23-20(25)16-5-4-8-19(13-16)27-18-6-2-1-3-7-18/h1-13H,14H2,(H,23,25)(H3,22,24,26). The van der Waals surface area contributed by atoms with Gasteiger partial charge in [0.2, 0.25) is 0 Å². The van der Waals surface area contributed by atoms with Crippen LogP contribution in [0.3, 0.4) is 0 Å². The average molecular weight is 361 g/mol. The molecule has 0 aliphatic heterocycles. The molecule has 136 valence electrons. The topological polar surface area (TPSA) is 93.5 Å². The van der Waals surface area contributed by atoms with Gasteiger partial charge in [-0.2, -0.15) is 0 Å². The first-order valence-electron chi connectivity index (χ1n) is 8.37. The van der Waals surface area contributed by atoms with Gasteiger partial charge in [0.15, 0.2) is 0 Å². The van der Waals surface area contributed by atoms with Crippen LogP contribution in [0.4, 0.5) is 10.5 Å². The molecule has 6 heteroatoms. The molecular weight excluding hydrogens is 342 g/mol. The van der Waals surface area contributed by atoms with Crippen LogP contribution in [0.25, 0.3) is 0 Å². The summed E-state index contributed by atoms with van der Waals surface area (Å²) >= 11 is 0. The summed E-state index contributed by atoms with van der Waals surface area (Å²) in [6.45, 7) is 0.361. The molecular formula is C21H19N3O3. The maximum absolute atomic E-state index is 12.4. The summed E-state index contributed by atoms with van der Waals surface area (Å²) in [5.74, 6) is 1.10. The number of nitrogens with one attached hydrogen (secondary N) is 2. The smallest absolute Gasteiger partial charge is 0.316 e. The minimum atomic E-state index is -0.617. The van der Waals surface area contributed by atoms with E-state index in [1.54, 1.807) is 48.5 Å². The van der Waals surface area contributed by atoms with Gasteiger partial charge in [0.05, 0.1) is 0 Å². The monoisotopic (exact) mass is 361 g/mol. The van der Waals surface area contributed by atoms with E-state index in [9.17, 15) is 9.59 Å². The highest BCUT2D eigenvalue weighted by Gasteiger charge is 2.07. The molecule has 3 aromatic rings. The Morgan fingerprint density at radius 3 is 2.26 bits per heavy atom. The van der Waals surface area contributed by atoms with Gasteiger partial charge in [0.1, 0.15) is 11.5 Å². The zero-order valence-electron chi connectivity index (χ0n) is 14.5. The number of rotatable bonds is 6. The number of nitrogens with two attached hydrogens (primary N) is 1. The Bertz CT molecular complexity index is 925. The zero-order chi connectivity index (χ0) is 19.1. The second-order valence-electron chi connectivity index (χ2n) is 5.81. The van der Waals surface area contributed by atoms with E-state index < -0.39 is 6.03 Å². The third kappa shape index (κ3) is 5.34. The molecule has 3 amide bonds. The predicted octanol–water partition coefficient (Wildman–Crippen LogP) is 3.90. The van der Waals surface area contributed by atoms with Crippen molar-refractivity contribution in [1.82, 2.24) is 5.32 Å². The number of urea groups is 1. The van der Waals surface area contributed by atoms with Gasteiger partial charge in [0, 0.05) is 17.8 Å². The van der Waals surface area contributed by atoms with Crippen LogP contribution in [0.5, 0.6) is 11.5 Å². The quantitative estimate of drug-likeness (QED) is 0.621. The molecule has 4 N–H and O–H groups in total. The summed E-state index contributed by atoms with van der Waals surface area (Å²) in [7, 11) is 0. The van der Waals surface area contributed by atoms with E-state index in [4.69, 9.17) is 10.5 Å². The number of amides is 3. The molecule has 27 heavy (non-hydrogen) atoms. The van der Waals surface area contributed by atoms with E-state index in [0.29, 0.717) is 29.3 Å². The fraction of sp³-hybridized carbons (Fsp3) is 0.0476. The number of anilines is 1. The Labute approximate surface area is 157 Å². The van der Waals surface area contributed by atoms with Crippen molar-refractivity contribution < 1.29 is 14.3 Å². The van der Waals surface area contributed by atoms with Crippen LogP contribution >= 0.6 is 0 Å². The Hall–Kier alpha value is -3.80. The van der Waals surface area contributed by atoms with E-state index in [0.717, 1.165) is 5.56 Å². The van der Waals surface area contributed by atoms with Crippen LogP contribution in [-0.4, -0.2) is 11.9 Å². The largest absolute Gasteiger partial charge is 0.457 e. The van der Waals surface area contributed by atoms with Crippen LogP contribution in [0.1, 0.15) is 15.9 Å². The van der Waals surface area contributed by atoms with Gasteiger partial charge < -0.3 is 21.1 Å². The molecule has 0 aliphatic rings. The van der Waals surface area contributed by atoms with Gasteiger partial charge >= 0.3 is 6.03 Å². The number of hydrogen-bond acceptors (Lipinski definition) is 3. The van der Waals surface area contributed by atoms with E-state index in [1.807, 2.05) is 30.3 Å². The number of hydrogen-bond donors (Lipinski definition) is 3. The lowest BCUT2D eigenvalue weighted by atomic mass is 10.1. The van der Waals surface area contributed by atoms with Crippen molar-refractivity contribution >= 4 is 17.6 Å². The molecule has 0 atom stereocenters. The van der Waals surface area contributed by atoms with E-state index in [-0.39, 0.29) is 5.91 Å². The van der Waals surface area contributed by atoms with E-state index in [2.05, 4.69) is 10.6 Å². The molecule has 0 spiro atoms. The summed E-state index contributed by atoms with van der Waals surface area (Å²) in [5.41, 5.74) is 7.08. The van der Waals surface area contributed by atoms with Crippen molar-refractivity contribution in [3.8, 4) is 11.5 Å². The fourth-order valence-electron chi connectivity index (χ4n) is 2.46. The van der Waals surface area contributed by atoms with Crippen LogP contribution in [0.15, 0.2) is 78.9 Å². The van der Waals surface area contributed by atoms with Crippen molar-refractivity contribution in [2.45, 2.75) is 6.54 Å². The van der Waals surface area contributed by atoms with E-state index >= 15 is 0 Å². The third-order valence-electron chi connectivity index (χ3n) is 3.75. The van der Waals surface area contributed by atoms with Crippen LogP contribution in [0.2, 0.25) is 0 Å². The summed E-state index contributed by atoms with van der Waals surface area (Å²) < 4.78 is 5.75. The normalized spacial score (nSPS) is 10.1. The van der Waals surface area contributed by atoms with Crippen LogP contribution < -0.4 is 21.1 Å². The minimum absolute atomic E-state index is 0.201. The van der Waals surface area contributed by atoms with Crippen molar-refractivity contribution in [2.24, 2.45) is 5.73 Å². The highest BCUT2D eigenvalue weighted by molar-refractivity contribution is 5.94. The van der Waals surface area contributed by atoms with Crippen molar-refractivity contribution in [3.63, 3.8) is 0 Å². The Morgan fingerprint density at radius 2 is 1.56 bits per heavy atom. The Kier molecular flexibility index (Phi) is 5.69. The van der Waals surface area contributed by atoms with Crippen molar-refractivity contribution in [3.05, 3.63) is 90.0 Å². The highest BCUT2D eigenvalue weighted by Crippen LogP contribution is 2.21. The zero-order valence-corrected chi connectivity index (χ0v) is 14.5. The molecule has 0 heterocycles. The van der Waals surface area contributed by atoms with Gasteiger partial charge in [-0.3, -0.25) is 4.79 Å². The predicted molar refractivity (Wildman–Crippen MR) is 104 cm³/mol. The van der Waals surface area contributed by atoms with Gasteiger partial charge in [0.25, 0.3) is 5.91 Å². The first kappa shape index (κ1) is 18.0. The lowest BCUT2D eigenvalue weighted by molar-refractivity contribution is 0.0950. The Morgan fingerprint density at radius 1 is 0.852 bits per heavy atom. The summed E-state index contributed by atoms with van der Waals surface area (Å²) in [6, 6.07) is 22.8. The number of carbonyl (C=O) groups is 2. The van der Waals surface area contributed by atoms with Crippen molar-refractivity contribution in [1.29, 1.82) is 0 Å². The molecule has 0 bridgehead atoms. The molecule has 0 aliphatic carbocycles. The Balaban J connectivity index is 1.59. The van der Waals surface area contributed by atoms with Crippen molar-refractivity contribution in [2.75, 3.05) is 5.32 Å². The molecule has 0 saturated heterocycles. The van der Waals surface area contributed by atoms with Gasteiger partial charge in [-0.05, 0) is 48.0 Å². The molecule has 3 aromatic carbocycles. The summed E-state index contributed by atoms with van der Waals surface area (Å²) in [5, 5.41) is 5.35. The summed E-state index contributed by atoms with van der Waals surface area (Å²) in [6.07, 6.45) is 0. The highest BCUT2D eigenvalue weighted by atomic mass is 16.5. The molecule has 0 aromatic heterocycles. The second-order valence-corrected chi connectivity index (χ2v) is 5.81. The van der Waals surface area contributed by atoms with Gasteiger partial charge in [-0.1, -0.05) is 36.4 Å². The van der Waals surface area contributed by atoms with Gasteiger partial charge in [-0.25, -0.2) is 4.79 Å². The fourth-order valence-corrected chi connectivity index (χ4v) is 2.46. The van der Waals surface area contributed by atoms with Gasteiger partial charge in [-0.15, -0.1) is 0 Å². The minimum Gasteiger partial charge on any atom is -0.457 e. The first-order chi connectivity index (χ1) is 13.1. The lowest BCUT2D eigenvalue weighted by Crippen LogP contribution is -2.23. The molecule has 0 saturated carbocycles. The average Bonchev–Trinajstić information content (AvgIpc) is 2.68. The molecule has 0 fully saturated rings. The molecule has 0 radical (unpaired) electrons. The number of para-hydroxylation sites is 1. The maximum atomic E-state index is 12.4. The molecule has 3 rings (SSSR count). The number of carbonyl (C=O) groups excluding carboxylic acids is 2. The third-order valence-corrected chi connectivity index (χ3v) is 3.75. The van der Waals surface area contributed by atoms with Crippen LogP contribution in [-0.2, 0) is 6.54 Å².